The van der Waals surface area contributed by atoms with Gasteiger partial charge in [0.1, 0.15) is 18.1 Å². The maximum absolute atomic E-state index is 11.0. The van der Waals surface area contributed by atoms with Gasteiger partial charge in [-0.25, -0.2) is 0 Å². The van der Waals surface area contributed by atoms with E-state index in [0.29, 0.717) is 12.4 Å². The van der Waals surface area contributed by atoms with Crippen LogP contribution in [-0.2, 0) is 16.7 Å². The lowest BCUT2D eigenvalue weighted by molar-refractivity contribution is 0.305. The molecule has 99 valence electrons. The molecule has 19 heavy (non-hydrogen) atoms. The van der Waals surface area contributed by atoms with Gasteiger partial charge in [0.25, 0.3) is 0 Å². The number of hydrogen-bond donors (Lipinski definition) is 0. The summed E-state index contributed by atoms with van der Waals surface area (Å²) in [6.07, 6.45) is 0.991. The quantitative estimate of drug-likeness (QED) is 0.787. The van der Waals surface area contributed by atoms with Crippen molar-refractivity contribution in [2.24, 2.45) is 0 Å². The van der Waals surface area contributed by atoms with Crippen LogP contribution in [0.15, 0.2) is 48.5 Å². The van der Waals surface area contributed by atoms with Crippen molar-refractivity contribution >= 4 is 10.1 Å². The molecule has 0 aliphatic rings. The minimum atomic E-state index is -3.54. The Morgan fingerprint density at radius 1 is 1.11 bits per heavy atom. The molecule has 2 aromatic rings. The largest absolute Gasteiger partial charge is 0.489 e. The lowest BCUT2D eigenvalue weighted by atomic mass is 10.2. The standard InChI is InChI=1S/C14H13O4S/c1-19(15,16)18-14-9-5-8-13(10-14)17-11-12-6-3-2-4-7-12/h2-4,6-10H,11H2,1H3. The average molecular weight is 277 g/mol. The molecule has 0 fully saturated rings. The van der Waals surface area contributed by atoms with E-state index in [1.165, 1.54) is 12.1 Å². The first-order valence-corrected chi connectivity index (χ1v) is 7.42. The van der Waals surface area contributed by atoms with Gasteiger partial charge in [-0.3, -0.25) is 0 Å². The zero-order chi connectivity index (χ0) is 13.7. The summed E-state index contributed by atoms with van der Waals surface area (Å²) in [6, 6.07) is 17.0. The fraction of sp³-hybridized carbons (Fsp3) is 0.143. The third kappa shape index (κ3) is 4.63. The van der Waals surface area contributed by atoms with Crippen LogP contribution in [0.25, 0.3) is 0 Å². The fourth-order valence-electron chi connectivity index (χ4n) is 1.48. The average Bonchev–Trinajstić information content (AvgIpc) is 2.36. The molecule has 0 amide bonds. The molecule has 0 aromatic heterocycles. The topological polar surface area (TPSA) is 52.6 Å². The van der Waals surface area contributed by atoms with Crippen molar-refractivity contribution < 1.29 is 17.3 Å². The van der Waals surface area contributed by atoms with Crippen LogP contribution in [0.5, 0.6) is 11.5 Å². The van der Waals surface area contributed by atoms with Crippen LogP contribution in [0.1, 0.15) is 5.56 Å². The third-order valence-electron chi connectivity index (χ3n) is 2.23. The number of benzene rings is 2. The summed E-state index contributed by atoms with van der Waals surface area (Å²) < 4.78 is 32.3. The Morgan fingerprint density at radius 3 is 2.47 bits per heavy atom. The van der Waals surface area contributed by atoms with Gasteiger partial charge in [0.15, 0.2) is 0 Å². The van der Waals surface area contributed by atoms with Gasteiger partial charge in [0, 0.05) is 6.07 Å². The predicted molar refractivity (Wildman–Crippen MR) is 71.5 cm³/mol. The van der Waals surface area contributed by atoms with E-state index in [4.69, 9.17) is 8.92 Å². The second kappa shape index (κ2) is 5.75. The van der Waals surface area contributed by atoms with Crippen molar-refractivity contribution in [2.75, 3.05) is 6.26 Å². The van der Waals surface area contributed by atoms with E-state index in [9.17, 15) is 8.42 Å². The molecule has 1 radical (unpaired) electrons. The molecule has 2 aromatic carbocycles. The highest BCUT2D eigenvalue weighted by atomic mass is 32.2. The van der Waals surface area contributed by atoms with Crippen LogP contribution in [0.3, 0.4) is 0 Å². The molecular formula is C14H13O4S. The molecule has 0 unspecified atom stereocenters. The number of rotatable bonds is 5. The van der Waals surface area contributed by atoms with Crippen LogP contribution >= 0.6 is 0 Å². The summed E-state index contributed by atoms with van der Waals surface area (Å²) in [5.41, 5.74) is 1.02. The normalized spacial score (nSPS) is 11.0. The highest BCUT2D eigenvalue weighted by molar-refractivity contribution is 7.86. The molecule has 0 atom stereocenters. The Morgan fingerprint density at radius 2 is 1.79 bits per heavy atom. The molecule has 0 spiro atoms. The zero-order valence-electron chi connectivity index (χ0n) is 10.4. The first kappa shape index (κ1) is 13.4. The first-order valence-electron chi connectivity index (χ1n) is 5.60. The molecule has 5 heteroatoms. The summed E-state index contributed by atoms with van der Waals surface area (Å²) in [5.74, 6) is 0.693. The molecular weight excluding hydrogens is 264 g/mol. The molecule has 0 aliphatic heterocycles. The summed E-state index contributed by atoms with van der Waals surface area (Å²) >= 11 is 0. The number of hydrogen-bond acceptors (Lipinski definition) is 4. The highest BCUT2D eigenvalue weighted by Crippen LogP contribution is 2.21. The van der Waals surface area contributed by atoms with Gasteiger partial charge in [-0.2, -0.15) is 8.42 Å². The predicted octanol–water partition coefficient (Wildman–Crippen LogP) is 2.40. The van der Waals surface area contributed by atoms with Crippen molar-refractivity contribution in [1.29, 1.82) is 0 Å². The molecule has 0 saturated carbocycles. The van der Waals surface area contributed by atoms with Gasteiger partial charge in [0.2, 0.25) is 0 Å². The maximum atomic E-state index is 11.0. The Labute approximate surface area is 112 Å². The summed E-state index contributed by atoms with van der Waals surface area (Å²) in [7, 11) is -3.54. The summed E-state index contributed by atoms with van der Waals surface area (Å²) in [6.45, 7) is 0.400. The van der Waals surface area contributed by atoms with Crippen LogP contribution in [-0.4, -0.2) is 14.7 Å². The van der Waals surface area contributed by atoms with Gasteiger partial charge in [-0.05, 0) is 23.8 Å². The van der Waals surface area contributed by atoms with Gasteiger partial charge in [-0.15, -0.1) is 0 Å². The lowest BCUT2D eigenvalue weighted by Crippen LogP contribution is -2.05. The van der Waals surface area contributed by atoms with E-state index < -0.39 is 10.1 Å². The van der Waals surface area contributed by atoms with Gasteiger partial charge < -0.3 is 8.92 Å². The van der Waals surface area contributed by atoms with Crippen LogP contribution < -0.4 is 8.92 Å². The lowest BCUT2D eigenvalue weighted by Gasteiger charge is -2.08. The van der Waals surface area contributed by atoms with Gasteiger partial charge in [0.05, 0.1) is 6.26 Å². The molecule has 0 N–H and O–H groups in total. The second-order valence-electron chi connectivity index (χ2n) is 3.97. The minimum Gasteiger partial charge on any atom is -0.489 e. The Balaban J connectivity index is 2.03. The smallest absolute Gasteiger partial charge is 0.306 e. The number of ether oxygens (including phenoxy) is 1. The van der Waals surface area contributed by atoms with E-state index in [1.807, 2.05) is 30.3 Å². The molecule has 4 nitrogen and oxygen atoms in total. The zero-order valence-corrected chi connectivity index (χ0v) is 11.2. The minimum absolute atomic E-state index is 0.188. The maximum Gasteiger partial charge on any atom is 0.306 e. The van der Waals surface area contributed by atoms with Crippen LogP contribution in [0, 0.1) is 6.07 Å². The second-order valence-corrected chi connectivity index (χ2v) is 5.54. The van der Waals surface area contributed by atoms with E-state index in [2.05, 4.69) is 6.07 Å². The summed E-state index contributed by atoms with van der Waals surface area (Å²) in [4.78, 5) is 0. The van der Waals surface area contributed by atoms with Crippen molar-refractivity contribution in [3.05, 3.63) is 60.2 Å². The van der Waals surface area contributed by atoms with Gasteiger partial charge in [-0.1, -0.05) is 30.3 Å². The SMILES string of the molecule is CS(=O)(=O)Oc1c[c]cc(OCc2ccccc2)c1. The van der Waals surface area contributed by atoms with Crippen LogP contribution in [0.2, 0.25) is 0 Å². The third-order valence-corrected chi connectivity index (χ3v) is 2.73. The van der Waals surface area contributed by atoms with Gasteiger partial charge >= 0.3 is 10.1 Å². The van der Waals surface area contributed by atoms with E-state index in [0.717, 1.165) is 11.8 Å². The highest BCUT2D eigenvalue weighted by Gasteiger charge is 2.05. The molecule has 0 heterocycles. The Kier molecular flexibility index (Phi) is 4.06. The van der Waals surface area contributed by atoms with Crippen molar-refractivity contribution in [3.63, 3.8) is 0 Å². The van der Waals surface area contributed by atoms with E-state index >= 15 is 0 Å². The molecule has 0 saturated heterocycles. The van der Waals surface area contributed by atoms with Crippen molar-refractivity contribution in [1.82, 2.24) is 0 Å². The first-order chi connectivity index (χ1) is 9.03. The van der Waals surface area contributed by atoms with E-state index in [1.54, 1.807) is 6.07 Å². The Hall–Kier alpha value is -2.01. The monoisotopic (exact) mass is 277 g/mol. The molecule has 2 rings (SSSR count). The fourth-order valence-corrected chi connectivity index (χ4v) is 1.92. The van der Waals surface area contributed by atoms with E-state index in [-0.39, 0.29) is 5.75 Å². The molecule has 0 aliphatic carbocycles. The summed E-state index contributed by atoms with van der Waals surface area (Å²) in [5, 5.41) is 0. The van der Waals surface area contributed by atoms with Crippen molar-refractivity contribution in [2.45, 2.75) is 6.61 Å². The molecule has 0 bridgehead atoms. The van der Waals surface area contributed by atoms with Crippen molar-refractivity contribution in [3.8, 4) is 11.5 Å². The van der Waals surface area contributed by atoms with Crippen LogP contribution in [0.4, 0.5) is 0 Å². The Bertz CT molecular complexity index is 636.